The summed E-state index contributed by atoms with van der Waals surface area (Å²) in [6, 6.07) is 8.80. The molecule has 4 nitrogen and oxygen atoms in total. The molecule has 2 aromatic rings. The molecule has 0 aliphatic carbocycles. The lowest BCUT2D eigenvalue weighted by molar-refractivity contribution is 0.102. The van der Waals surface area contributed by atoms with Crippen molar-refractivity contribution in [3.05, 3.63) is 52.3 Å². The molecule has 0 aromatic heterocycles. The maximum Gasteiger partial charge on any atom is 0.255 e. The lowest BCUT2D eigenvalue weighted by Crippen LogP contribution is -2.12. The summed E-state index contributed by atoms with van der Waals surface area (Å²) in [4.78, 5) is 12.0. The van der Waals surface area contributed by atoms with Gasteiger partial charge in [-0.2, -0.15) is 0 Å². The van der Waals surface area contributed by atoms with Crippen LogP contribution < -0.4 is 16.8 Å². The van der Waals surface area contributed by atoms with Gasteiger partial charge in [0.05, 0.1) is 4.47 Å². The van der Waals surface area contributed by atoms with Gasteiger partial charge in [0.25, 0.3) is 5.91 Å². The van der Waals surface area contributed by atoms with Crippen molar-refractivity contribution in [2.45, 2.75) is 0 Å². The molecule has 2 rings (SSSR count). The second-order valence-electron chi connectivity index (χ2n) is 3.97. The van der Waals surface area contributed by atoms with Gasteiger partial charge in [-0.15, -0.1) is 0 Å². The normalized spacial score (nSPS) is 10.2. The predicted molar refractivity (Wildman–Crippen MR) is 77.3 cm³/mol. The van der Waals surface area contributed by atoms with Crippen molar-refractivity contribution in [3.63, 3.8) is 0 Å². The Labute approximate surface area is 117 Å². The Kier molecular flexibility index (Phi) is 3.71. The van der Waals surface area contributed by atoms with E-state index in [0.717, 1.165) is 0 Å². The highest BCUT2D eigenvalue weighted by molar-refractivity contribution is 9.10. The number of carbonyl (C=O) groups is 1. The van der Waals surface area contributed by atoms with Gasteiger partial charge in [-0.25, -0.2) is 4.39 Å². The van der Waals surface area contributed by atoms with E-state index in [4.69, 9.17) is 11.5 Å². The maximum atomic E-state index is 13.1. The summed E-state index contributed by atoms with van der Waals surface area (Å²) in [7, 11) is 0. The van der Waals surface area contributed by atoms with Crippen LogP contribution in [0.4, 0.5) is 21.5 Å². The molecule has 0 saturated heterocycles. The van der Waals surface area contributed by atoms with Crippen molar-refractivity contribution in [1.82, 2.24) is 0 Å². The number of anilines is 3. The summed E-state index contributed by atoms with van der Waals surface area (Å²) in [5.74, 6) is -0.760. The minimum absolute atomic E-state index is 0.275. The molecule has 0 aliphatic heterocycles. The van der Waals surface area contributed by atoms with Crippen molar-refractivity contribution in [1.29, 1.82) is 0 Å². The van der Waals surface area contributed by atoms with E-state index in [2.05, 4.69) is 21.2 Å². The molecule has 6 heteroatoms. The number of nitrogen functional groups attached to an aromatic ring is 2. The molecule has 0 atom stereocenters. The summed E-state index contributed by atoms with van der Waals surface area (Å²) in [6.07, 6.45) is 0. The van der Waals surface area contributed by atoms with Gasteiger partial charge in [-0.3, -0.25) is 4.79 Å². The van der Waals surface area contributed by atoms with E-state index in [0.29, 0.717) is 22.6 Å². The highest BCUT2D eigenvalue weighted by Gasteiger charge is 2.09. The van der Waals surface area contributed by atoms with Crippen molar-refractivity contribution >= 4 is 38.9 Å². The lowest BCUT2D eigenvalue weighted by atomic mass is 10.1. The molecule has 0 unspecified atom stereocenters. The van der Waals surface area contributed by atoms with Crippen molar-refractivity contribution in [3.8, 4) is 0 Å². The van der Waals surface area contributed by atoms with Crippen molar-refractivity contribution in [2.24, 2.45) is 0 Å². The van der Waals surface area contributed by atoms with Gasteiger partial charge in [0.1, 0.15) is 5.82 Å². The van der Waals surface area contributed by atoms with E-state index in [-0.39, 0.29) is 10.4 Å². The fourth-order valence-electron chi connectivity index (χ4n) is 1.58. The zero-order valence-corrected chi connectivity index (χ0v) is 11.4. The molecule has 2 aromatic carbocycles. The van der Waals surface area contributed by atoms with Crippen LogP contribution in [0.15, 0.2) is 40.9 Å². The molecular formula is C13H11BrFN3O. The quantitative estimate of drug-likeness (QED) is 0.743. The smallest absolute Gasteiger partial charge is 0.255 e. The number of hydrogen-bond acceptors (Lipinski definition) is 3. The van der Waals surface area contributed by atoms with Gasteiger partial charge in [0.15, 0.2) is 0 Å². The van der Waals surface area contributed by atoms with Crippen LogP contribution in [-0.2, 0) is 0 Å². The average molecular weight is 324 g/mol. The zero-order valence-electron chi connectivity index (χ0n) is 9.78. The Morgan fingerprint density at radius 2 is 1.74 bits per heavy atom. The number of nitrogens with two attached hydrogens (primary N) is 2. The second kappa shape index (κ2) is 5.27. The summed E-state index contributed by atoms with van der Waals surface area (Å²) < 4.78 is 13.3. The number of rotatable bonds is 2. The molecule has 0 spiro atoms. The minimum Gasteiger partial charge on any atom is -0.399 e. The lowest BCUT2D eigenvalue weighted by Gasteiger charge is -2.07. The van der Waals surface area contributed by atoms with Crippen LogP contribution in [0.3, 0.4) is 0 Å². The molecule has 0 bridgehead atoms. The highest BCUT2D eigenvalue weighted by Crippen LogP contribution is 2.21. The SMILES string of the molecule is Nc1cc(N)cc(C(=O)Nc2ccc(F)c(Br)c2)c1. The Morgan fingerprint density at radius 1 is 1.11 bits per heavy atom. The van der Waals surface area contributed by atoms with Gasteiger partial charge in [-0.05, 0) is 52.3 Å². The molecule has 0 fully saturated rings. The van der Waals surface area contributed by atoms with E-state index in [1.54, 1.807) is 6.07 Å². The minimum atomic E-state index is -0.397. The van der Waals surface area contributed by atoms with Crippen LogP contribution in [0.1, 0.15) is 10.4 Å². The van der Waals surface area contributed by atoms with E-state index >= 15 is 0 Å². The highest BCUT2D eigenvalue weighted by atomic mass is 79.9. The number of benzene rings is 2. The number of nitrogens with one attached hydrogen (secondary N) is 1. The van der Waals surface area contributed by atoms with Crippen LogP contribution >= 0.6 is 15.9 Å². The van der Waals surface area contributed by atoms with E-state index in [1.807, 2.05) is 0 Å². The third kappa shape index (κ3) is 3.23. The Bertz CT molecular complexity index is 626. The Morgan fingerprint density at radius 3 is 2.32 bits per heavy atom. The van der Waals surface area contributed by atoms with Crippen LogP contribution in [0.2, 0.25) is 0 Å². The first-order valence-corrected chi connectivity index (χ1v) is 6.17. The summed E-state index contributed by atoms with van der Waals surface area (Å²) in [5, 5.41) is 2.63. The summed E-state index contributed by atoms with van der Waals surface area (Å²) in [5.41, 5.74) is 12.9. The van der Waals surface area contributed by atoms with Gasteiger partial charge < -0.3 is 16.8 Å². The first-order chi connectivity index (χ1) is 8.95. The van der Waals surface area contributed by atoms with Gasteiger partial charge in [0, 0.05) is 22.6 Å². The molecule has 0 aliphatic rings. The maximum absolute atomic E-state index is 13.1. The largest absolute Gasteiger partial charge is 0.399 e. The molecule has 0 saturated carbocycles. The van der Waals surface area contributed by atoms with Crippen molar-refractivity contribution < 1.29 is 9.18 Å². The molecule has 98 valence electrons. The molecular weight excluding hydrogens is 313 g/mol. The number of halogens is 2. The van der Waals surface area contributed by atoms with Crippen LogP contribution in [0, 0.1) is 5.82 Å². The van der Waals surface area contributed by atoms with E-state index < -0.39 is 5.82 Å². The predicted octanol–water partition coefficient (Wildman–Crippen LogP) is 3.00. The van der Waals surface area contributed by atoms with Crippen LogP contribution in [0.5, 0.6) is 0 Å². The topological polar surface area (TPSA) is 81.1 Å². The van der Waals surface area contributed by atoms with Gasteiger partial charge in [-0.1, -0.05) is 0 Å². The van der Waals surface area contributed by atoms with Crippen LogP contribution in [-0.4, -0.2) is 5.91 Å². The molecule has 0 heterocycles. The summed E-state index contributed by atoms with van der Waals surface area (Å²) in [6.45, 7) is 0. The third-order valence-electron chi connectivity index (χ3n) is 2.42. The first-order valence-electron chi connectivity index (χ1n) is 5.38. The molecule has 19 heavy (non-hydrogen) atoms. The fraction of sp³-hybridized carbons (Fsp3) is 0. The second-order valence-corrected chi connectivity index (χ2v) is 4.83. The fourth-order valence-corrected chi connectivity index (χ4v) is 1.96. The van der Waals surface area contributed by atoms with Crippen molar-refractivity contribution in [2.75, 3.05) is 16.8 Å². The number of carbonyl (C=O) groups excluding carboxylic acids is 1. The summed E-state index contributed by atoms with van der Waals surface area (Å²) >= 11 is 3.05. The van der Waals surface area contributed by atoms with Crippen LogP contribution in [0.25, 0.3) is 0 Å². The first kappa shape index (κ1) is 13.4. The molecule has 1 amide bonds. The van der Waals surface area contributed by atoms with Gasteiger partial charge >= 0.3 is 0 Å². The third-order valence-corrected chi connectivity index (χ3v) is 3.03. The molecule has 5 N–H and O–H groups in total. The Balaban J connectivity index is 2.22. The van der Waals surface area contributed by atoms with E-state index in [1.165, 1.54) is 30.3 Å². The number of amides is 1. The van der Waals surface area contributed by atoms with E-state index in [9.17, 15) is 9.18 Å². The monoisotopic (exact) mass is 323 g/mol. The van der Waals surface area contributed by atoms with Gasteiger partial charge in [0.2, 0.25) is 0 Å². The molecule has 0 radical (unpaired) electrons. The average Bonchev–Trinajstić information content (AvgIpc) is 2.32. The standard InChI is InChI=1S/C13H11BrFN3O/c14-11-6-10(1-2-12(11)15)18-13(19)7-3-8(16)5-9(17)4-7/h1-6H,16-17H2,(H,18,19). The zero-order chi connectivity index (χ0) is 14.0. The Hall–Kier alpha value is -2.08. The number of hydrogen-bond donors (Lipinski definition) is 3.